The van der Waals surface area contributed by atoms with Crippen LogP contribution >= 0.6 is 0 Å². The predicted octanol–water partition coefficient (Wildman–Crippen LogP) is 2.28. The Balaban J connectivity index is 1.66. The Labute approximate surface area is 164 Å². The summed E-state index contributed by atoms with van der Waals surface area (Å²) in [5.74, 6) is -1.33. The van der Waals surface area contributed by atoms with Gasteiger partial charge in [0, 0.05) is 11.7 Å². The van der Waals surface area contributed by atoms with Gasteiger partial charge >= 0.3 is 0 Å². The molecule has 1 aromatic carbocycles. The first-order valence-electron chi connectivity index (χ1n) is 9.37. The number of hydrogen-bond acceptors (Lipinski definition) is 5. The van der Waals surface area contributed by atoms with E-state index in [9.17, 15) is 24.2 Å². The molecule has 2 aromatic heterocycles. The van der Waals surface area contributed by atoms with Crippen LogP contribution in [0.1, 0.15) is 35.2 Å². The maximum atomic E-state index is 13.2. The van der Waals surface area contributed by atoms with E-state index in [0.717, 1.165) is 19.3 Å². The van der Waals surface area contributed by atoms with Crippen molar-refractivity contribution >= 4 is 16.9 Å². The van der Waals surface area contributed by atoms with Gasteiger partial charge < -0.3 is 15.5 Å². The number of amides is 1. The number of nitrogens with one attached hydrogen (secondary N) is 1. The van der Waals surface area contributed by atoms with Crippen molar-refractivity contribution in [1.82, 2.24) is 14.9 Å². The Kier molecular flexibility index (Phi) is 3.68. The SMILES string of the molecule is O=C(NC12CC(C1)C2)c1c(O)c2c(O)ccnc2n(Cc2ccc(F)cc2)c1=O. The molecule has 0 radical (unpaired) electrons. The van der Waals surface area contributed by atoms with Gasteiger partial charge in [0.2, 0.25) is 0 Å². The average Bonchev–Trinajstić information content (AvgIpc) is 2.62. The van der Waals surface area contributed by atoms with Crippen LogP contribution in [0.5, 0.6) is 11.5 Å². The molecule has 3 N–H and O–H groups in total. The summed E-state index contributed by atoms with van der Waals surface area (Å²) in [6, 6.07) is 6.85. The van der Waals surface area contributed by atoms with Crippen molar-refractivity contribution in [3.05, 3.63) is 63.8 Å². The zero-order chi connectivity index (χ0) is 20.3. The molecule has 3 aliphatic rings. The highest BCUT2D eigenvalue weighted by Gasteiger charge is 2.57. The first-order valence-corrected chi connectivity index (χ1v) is 9.37. The predicted molar refractivity (Wildman–Crippen MR) is 102 cm³/mol. The van der Waals surface area contributed by atoms with Crippen molar-refractivity contribution in [2.24, 2.45) is 5.92 Å². The van der Waals surface area contributed by atoms with Crippen LogP contribution in [-0.2, 0) is 6.54 Å². The fourth-order valence-corrected chi connectivity index (χ4v) is 4.39. The molecule has 8 heteroatoms. The third-order valence-corrected chi connectivity index (χ3v) is 6.00. The quantitative estimate of drug-likeness (QED) is 0.629. The molecule has 0 unspecified atom stereocenters. The number of benzene rings is 1. The molecule has 29 heavy (non-hydrogen) atoms. The Bertz CT molecular complexity index is 1200. The maximum absolute atomic E-state index is 13.2. The minimum atomic E-state index is -0.721. The highest BCUT2D eigenvalue weighted by atomic mass is 19.1. The number of pyridine rings is 2. The number of fused-ring (bicyclic) bond motifs is 1. The van der Waals surface area contributed by atoms with E-state index < -0.39 is 28.6 Å². The molecule has 0 saturated heterocycles. The van der Waals surface area contributed by atoms with Gasteiger partial charge in [0.1, 0.15) is 28.3 Å². The zero-order valence-corrected chi connectivity index (χ0v) is 15.4. The Morgan fingerprint density at radius 3 is 2.52 bits per heavy atom. The van der Waals surface area contributed by atoms with Crippen LogP contribution in [0.4, 0.5) is 4.39 Å². The van der Waals surface area contributed by atoms with Crippen LogP contribution in [0.3, 0.4) is 0 Å². The van der Waals surface area contributed by atoms with Gasteiger partial charge in [-0.05, 0) is 48.9 Å². The lowest BCUT2D eigenvalue weighted by Crippen LogP contribution is -2.68. The molecule has 3 aliphatic carbocycles. The maximum Gasteiger partial charge on any atom is 0.269 e. The number of rotatable bonds is 4. The zero-order valence-electron chi connectivity index (χ0n) is 15.4. The normalized spacial score (nSPS) is 22.0. The van der Waals surface area contributed by atoms with Crippen molar-refractivity contribution in [3.8, 4) is 11.5 Å². The van der Waals surface area contributed by atoms with Gasteiger partial charge in [-0.1, -0.05) is 12.1 Å². The number of carbonyl (C=O) groups excluding carboxylic acids is 1. The van der Waals surface area contributed by atoms with E-state index in [1.807, 2.05) is 0 Å². The molecule has 0 spiro atoms. The van der Waals surface area contributed by atoms with Crippen molar-refractivity contribution < 1.29 is 19.4 Å². The largest absolute Gasteiger partial charge is 0.507 e. The third kappa shape index (κ3) is 2.66. The third-order valence-electron chi connectivity index (χ3n) is 6.00. The number of halogens is 1. The highest BCUT2D eigenvalue weighted by Crippen LogP contribution is 2.57. The summed E-state index contributed by atoms with van der Waals surface area (Å²) in [6.07, 6.45) is 3.94. The van der Waals surface area contributed by atoms with E-state index in [4.69, 9.17) is 0 Å². The van der Waals surface area contributed by atoms with Crippen LogP contribution in [0.15, 0.2) is 41.3 Å². The van der Waals surface area contributed by atoms with Gasteiger partial charge in [-0.2, -0.15) is 0 Å². The van der Waals surface area contributed by atoms with Crippen LogP contribution in [0, 0.1) is 11.7 Å². The Morgan fingerprint density at radius 2 is 1.90 bits per heavy atom. The second-order valence-electron chi connectivity index (χ2n) is 7.98. The molecule has 148 valence electrons. The summed E-state index contributed by atoms with van der Waals surface area (Å²) in [5.41, 5.74) is -0.779. The average molecular weight is 395 g/mol. The summed E-state index contributed by atoms with van der Waals surface area (Å²) in [5, 5.41) is 23.8. The van der Waals surface area contributed by atoms with Crippen LogP contribution in [0.25, 0.3) is 11.0 Å². The van der Waals surface area contributed by atoms with Crippen molar-refractivity contribution in [2.75, 3.05) is 0 Å². The van der Waals surface area contributed by atoms with Crippen molar-refractivity contribution in [2.45, 2.75) is 31.3 Å². The minimum absolute atomic E-state index is 0.000155. The Morgan fingerprint density at radius 1 is 1.21 bits per heavy atom. The van der Waals surface area contributed by atoms with Crippen LogP contribution in [-0.4, -0.2) is 31.2 Å². The molecule has 3 saturated carbocycles. The summed E-state index contributed by atoms with van der Waals surface area (Å²) in [7, 11) is 0. The number of aromatic hydroxyl groups is 2. The van der Waals surface area contributed by atoms with Gasteiger partial charge in [-0.3, -0.25) is 14.2 Å². The van der Waals surface area contributed by atoms with E-state index in [1.54, 1.807) is 0 Å². The fourth-order valence-electron chi connectivity index (χ4n) is 4.39. The first kappa shape index (κ1) is 17.7. The second kappa shape index (κ2) is 6.04. The Hall–Kier alpha value is -3.42. The molecular weight excluding hydrogens is 377 g/mol. The van der Waals surface area contributed by atoms with Crippen molar-refractivity contribution in [3.63, 3.8) is 0 Å². The summed E-state index contributed by atoms with van der Waals surface area (Å²) >= 11 is 0. The van der Waals surface area contributed by atoms with Gasteiger partial charge in [-0.25, -0.2) is 9.37 Å². The monoisotopic (exact) mass is 395 g/mol. The van der Waals surface area contributed by atoms with E-state index in [1.165, 1.54) is 41.1 Å². The molecule has 1 amide bonds. The number of nitrogens with zero attached hydrogens (tertiary/aromatic N) is 2. The standard InChI is InChI=1S/C21H18FN3O4/c22-13-3-1-11(2-4-13)10-25-18-15(14(26)5-6-23-18)17(27)16(20(25)29)19(28)24-21-7-12(8-21)9-21/h1-6,12,27H,7-10H2,(H,23,26)(H,24,28). The first-order chi connectivity index (χ1) is 13.9. The van der Waals surface area contributed by atoms with E-state index in [-0.39, 0.29) is 28.9 Å². The smallest absolute Gasteiger partial charge is 0.269 e. The lowest BCUT2D eigenvalue weighted by molar-refractivity contribution is -0.0439. The number of aromatic nitrogens is 2. The lowest BCUT2D eigenvalue weighted by atomic mass is 9.50. The van der Waals surface area contributed by atoms with E-state index >= 15 is 0 Å². The molecule has 6 rings (SSSR count). The van der Waals surface area contributed by atoms with Gasteiger partial charge in [0.05, 0.1) is 6.54 Å². The lowest BCUT2D eigenvalue weighted by Gasteiger charge is -2.61. The topological polar surface area (TPSA) is 104 Å². The fraction of sp³-hybridized carbons (Fsp3) is 0.286. The summed E-state index contributed by atoms with van der Waals surface area (Å²) < 4.78 is 14.4. The van der Waals surface area contributed by atoms with Gasteiger partial charge in [0.15, 0.2) is 5.65 Å². The molecule has 0 aliphatic heterocycles. The minimum Gasteiger partial charge on any atom is -0.507 e. The molecule has 2 heterocycles. The number of hydrogen-bond donors (Lipinski definition) is 3. The molecule has 2 bridgehead atoms. The van der Waals surface area contributed by atoms with E-state index in [0.29, 0.717) is 11.5 Å². The summed E-state index contributed by atoms with van der Waals surface area (Å²) in [4.78, 5) is 30.2. The molecular formula is C21H18FN3O4. The molecule has 0 atom stereocenters. The van der Waals surface area contributed by atoms with E-state index in [2.05, 4.69) is 10.3 Å². The second-order valence-corrected chi connectivity index (χ2v) is 7.98. The summed E-state index contributed by atoms with van der Waals surface area (Å²) in [6.45, 7) is -0.000155. The van der Waals surface area contributed by atoms with Crippen molar-refractivity contribution in [1.29, 1.82) is 0 Å². The number of carbonyl (C=O) groups is 1. The highest BCUT2D eigenvalue weighted by molar-refractivity contribution is 6.03. The van der Waals surface area contributed by atoms with Crippen LogP contribution in [0.2, 0.25) is 0 Å². The molecule has 7 nitrogen and oxygen atoms in total. The van der Waals surface area contributed by atoms with Gasteiger partial charge in [-0.15, -0.1) is 0 Å². The van der Waals surface area contributed by atoms with Crippen LogP contribution < -0.4 is 10.9 Å². The molecule has 3 fully saturated rings. The van der Waals surface area contributed by atoms with Gasteiger partial charge in [0.25, 0.3) is 11.5 Å². The molecule has 3 aromatic rings.